The van der Waals surface area contributed by atoms with Gasteiger partial charge in [-0.25, -0.2) is 0 Å². The number of hydrogen-bond donors (Lipinski definition) is 2. The number of benzene rings is 1. The first-order chi connectivity index (χ1) is 10.8. The first kappa shape index (κ1) is 13.6. The molecule has 0 amide bonds. The van der Waals surface area contributed by atoms with E-state index in [2.05, 4.69) is 27.3 Å². The van der Waals surface area contributed by atoms with Crippen LogP contribution in [-0.4, -0.2) is 47.6 Å². The summed E-state index contributed by atoms with van der Waals surface area (Å²) in [6.07, 6.45) is 1.92. The van der Waals surface area contributed by atoms with Crippen LogP contribution in [0.2, 0.25) is 0 Å². The predicted octanol–water partition coefficient (Wildman–Crippen LogP) is 1.60. The molecule has 1 saturated heterocycles. The third-order valence-corrected chi connectivity index (χ3v) is 4.23. The molecule has 1 atom stereocenters. The van der Waals surface area contributed by atoms with Gasteiger partial charge in [0.1, 0.15) is 0 Å². The predicted molar refractivity (Wildman–Crippen MR) is 82.9 cm³/mol. The highest BCUT2D eigenvalue weighted by atomic mass is 16.7. The quantitative estimate of drug-likeness (QED) is 0.901. The van der Waals surface area contributed by atoms with Crippen molar-refractivity contribution in [1.29, 1.82) is 0 Å². The number of hydrogen-bond acceptors (Lipinski definition) is 5. The van der Waals surface area contributed by atoms with Crippen LogP contribution in [0.4, 0.5) is 0 Å². The van der Waals surface area contributed by atoms with E-state index in [1.165, 1.54) is 5.56 Å². The maximum absolute atomic E-state index is 5.47. The summed E-state index contributed by atoms with van der Waals surface area (Å²) >= 11 is 0. The molecule has 6 nitrogen and oxygen atoms in total. The topological polar surface area (TPSA) is 62.4 Å². The van der Waals surface area contributed by atoms with Gasteiger partial charge in [-0.05, 0) is 25.1 Å². The van der Waals surface area contributed by atoms with Gasteiger partial charge in [-0.1, -0.05) is 0 Å². The summed E-state index contributed by atoms with van der Waals surface area (Å²) in [7, 11) is 0. The Bertz CT molecular complexity index is 670. The lowest BCUT2D eigenvalue weighted by molar-refractivity contribution is 0.174. The molecule has 4 rings (SSSR count). The number of nitrogens with zero attached hydrogens (tertiary/aromatic N) is 2. The number of piperazine rings is 1. The van der Waals surface area contributed by atoms with Crippen LogP contribution in [0.5, 0.6) is 11.5 Å². The van der Waals surface area contributed by atoms with Crippen molar-refractivity contribution in [3.63, 3.8) is 0 Å². The summed E-state index contributed by atoms with van der Waals surface area (Å²) in [5.74, 6) is 1.61. The lowest BCUT2D eigenvalue weighted by Crippen LogP contribution is -2.48. The van der Waals surface area contributed by atoms with E-state index in [-0.39, 0.29) is 0 Å². The lowest BCUT2D eigenvalue weighted by Gasteiger charge is -2.31. The van der Waals surface area contributed by atoms with Crippen LogP contribution >= 0.6 is 0 Å². The molecule has 3 heterocycles. The molecule has 1 fully saturated rings. The van der Waals surface area contributed by atoms with Crippen molar-refractivity contribution in [2.24, 2.45) is 0 Å². The Labute approximate surface area is 129 Å². The van der Waals surface area contributed by atoms with Gasteiger partial charge in [-0.2, -0.15) is 5.10 Å². The third-order valence-electron chi connectivity index (χ3n) is 4.23. The van der Waals surface area contributed by atoms with E-state index in [1.807, 2.05) is 24.4 Å². The highest BCUT2D eigenvalue weighted by Gasteiger charge is 2.19. The van der Waals surface area contributed by atoms with Crippen LogP contribution < -0.4 is 14.8 Å². The number of fused-ring (bicyclic) bond motifs is 1. The maximum Gasteiger partial charge on any atom is 0.231 e. The molecule has 0 spiro atoms. The number of aromatic amines is 1. The van der Waals surface area contributed by atoms with Crippen LogP contribution in [0.25, 0.3) is 11.3 Å². The summed E-state index contributed by atoms with van der Waals surface area (Å²) in [5.41, 5.74) is 3.36. The number of H-pyrrole nitrogens is 1. The second-order valence-electron chi connectivity index (χ2n) is 5.93. The maximum atomic E-state index is 5.47. The molecule has 6 heteroatoms. The average Bonchev–Trinajstić information content (AvgIpc) is 3.15. The van der Waals surface area contributed by atoms with Crippen molar-refractivity contribution in [1.82, 2.24) is 20.4 Å². The molecular formula is C16H20N4O2. The molecule has 1 aromatic heterocycles. The number of nitrogens with one attached hydrogen (secondary N) is 2. The van der Waals surface area contributed by atoms with Crippen LogP contribution in [0, 0.1) is 0 Å². The molecule has 2 aromatic rings. The Morgan fingerprint density at radius 2 is 2.23 bits per heavy atom. The first-order valence-electron chi connectivity index (χ1n) is 7.67. The Morgan fingerprint density at radius 1 is 1.32 bits per heavy atom. The molecule has 0 radical (unpaired) electrons. The van der Waals surface area contributed by atoms with Gasteiger partial charge in [0, 0.05) is 43.3 Å². The zero-order valence-corrected chi connectivity index (χ0v) is 12.6. The van der Waals surface area contributed by atoms with E-state index in [0.29, 0.717) is 12.8 Å². The molecule has 0 bridgehead atoms. The largest absolute Gasteiger partial charge is 0.454 e. The third kappa shape index (κ3) is 2.55. The van der Waals surface area contributed by atoms with Gasteiger partial charge in [-0.3, -0.25) is 10.00 Å². The van der Waals surface area contributed by atoms with Gasteiger partial charge < -0.3 is 14.8 Å². The van der Waals surface area contributed by atoms with E-state index in [1.54, 1.807) is 0 Å². The fraction of sp³-hybridized carbons (Fsp3) is 0.438. The van der Waals surface area contributed by atoms with Crippen LogP contribution in [0.3, 0.4) is 0 Å². The molecule has 22 heavy (non-hydrogen) atoms. The Balaban J connectivity index is 1.57. The normalized spacial score (nSPS) is 21.2. The van der Waals surface area contributed by atoms with Crippen molar-refractivity contribution in [2.75, 3.05) is 26.4 Å². The van der Waals surface area contributed by atoms with Gasteiger partial charge in [0.15, 0.2) is 11.5 Å². The van der Waals surface area contributed by atoms with Crippen molar-refractivity contribution < 1.29 is 9.47 Å². The number of rotatable bonds is 3. The number of ether oxygens (including phenoxy) is 2. The summed E-state index contributed by atoms with van der Waals surface area (Å²) in [6.45, 7) is 6.60. The summed E-state index contributed by atoms with van der Waals surface area (Å²) in [5, 5.41) is 10.8. The van der Waals surface area contributed by atoms with E-state index < -0.39 is 0 Å². The van der Waals surface area contributed by atoms with Crippen molar-refractivity contribution in [2.45, 2.75) is 19.5 Å². The molecule has 116 valence electrons. The molecule has 0 saturated carbocycles. The Kier molecular flexibility index (Phi) is 3.48. The SMILES string of the molecule is C[C@@H]1CN(Cc2cn[nH]c2-c2ccc3c(c2)OCO3)CCN1. The van der Waals surface area contributed by atoms with Gasteiger partial charge >= 0.3 is 0 Å². The summed E-state index contributed by atoms with van der Waals surface area (Å²) in [6, 6.07) is 6.55. The molecule has 2 aliphatic heterocycles. The standard InChI is InChI=1S/C16H20N4O2/c1-11-8-20(5-4-17-11)9-13-7-18-19-16(13)12-2-3-14-15(6-12)22-10-21-14/h2-3,6-7,11,17H,4-5,8-10H2,1H3,(H,18,19)/t11-/m1/s1. The van der Waals surface area contributed by atoms with E-state index in [0.717, 1.165) is 48.9 Å². The summed E-state index contributed by atoms with van der Waals surface area (Å²) < 4.78 is 10.8. The van der Waals surface area contributed by atoms with Gasteiger partial charge in [0.2, 0.25) is 6.79 Å². The highest BCUT2D eigenvalue weighted by Crippen LogP contribution is 2.36. The Morgan fingerprint density at radius 3 is 3.14 bits per heavy atom. The van der Waals surface area contributed by atoms with Gasteiger partial charge in [0.25, 0.3) is 0 Å². The van der Waals surface area contributed by atoms with E-state index >= 15 is 0 Å². The Hall–Kier alpha value is -2.05. The molecule has 2 aliphatic rings. The minimum atomic E-state index is 0.299. The van der Waals surface area contributed by atoms with Crippen LogP contribution in [0.1, 0.15) is 12.5 Å². The molecule has 1 aromatic carbocycles. The average molecular weight is 300 g/mol. The molecule has 2 N–H and O–H groups in total. The molecule has 0 aliphatic carbocycles. The monoisotopic (exact) mass is 300 g/mol. The fourth-order valence-corrected chi connectivity index (χ4v) is 3.13. The smallest absolute Gasteiger partial charge is 0.231 e. The first-order valence-corrected chi connectivity index (χ1v) is 7.67. The zero-order chi connectivity index (χ0) is 14.9. The highest BCUT2D eigenvalue weighted by molar-refractivity contribution is 5.66. The minimum Gasteiger partial charge on any atom is -0.454 e. The van der Waals surface area contributed by atoms with Crippen LogP contribution in [0.15, 0.2) is 24.4 Å². The second-order valence-corrected chi connectivity index (χ2v) is 5.93. The van der Waals surface area contributed by atoms with Crippen molar-refractivity contribution in [3.8, 4) is 22.8 Å². The van der Waals surface area contributed by atoms with Crippen molar-refractivity contribution >= 4 is 0 Å². The van der Waals surface area contributed by atoms with E-state index in [4.69, 9.17) is 9.47 Å². The van der Waals surface area contributed by atoms with Crippen molar-refractivity contribution in [3.05, 3.63) is 30.0 Å². The fourth-order valence-electron chi connectivity index (χ4n) is 3.13. The van der Waals surface area contributed by atoms with Crippen LogP contribution in [-0.2, 0) is 6.54 Å². The minimum absolute atomic E-state index is 0.299. The van der Waals surface area contributed by atoms with Gasteiger partial charge in [-0.15, -0.1) is 0 Å². The summed E-state index contributed by atoms with van der Waals surface area (Å²) in [4.78, 5) is 2.46. The zero-order valence-electron chi connectivity index (χ0n) is 12.6. The van der Waals surface area contributed by atoms with Gasteiger partial charge in [0.05, 0.1) is 11.9 Å². The second kappa shape index (κ2) is 5.62. The molecule has 0 unspecified atom stereocenters. The molecular weight excluding hydrogens is 280 g/mol. The van der Waals surface area contributed by atoms with E-state index in [9.17, 15) is 0 Å². The lowest BCUT2D eigenvalue weighted by atomic mass is 10.1. The number of aromatic nitrogens is 2.